The summed E-state index contributed by atoms with van der Waals surface area (Å²) in [7, 11) is -2.22. The number of carbonyl (C=O) groups excluding carboxylic acids is 1. The van der Waals surface area contributed by atoms with E-state index in [1.807, 2.05) is 84.0 Å². The van der Waals surface area contributed by atoms with Crippen molar-refractivity contribution in [3.63, 3.8) is 0 Å². The molecule has 0 aromatic heterocycles. The molecule has 0 spiro atoms. The van der Waals surface area contributed by atoms with Crippen molar-refractivity contribution in [2.24, 2.45) is 0 Å². The fourth-order valence-corrected chi connectivity index (χ4v) is 4.69. The lowest BCUT2D eigenvalue weighted by Gasteiger charge is -2.51. The Labute approximate surface area is 187 Å². The molecule has 30 heavy (non-hydrogen) atoms. The summed E-state index contributed by atoms with van der Waals surface area (Å²) in [6.07, 6.45) is 11.0. The molecule has 0 aliphatic rings. The maximum atomic E-state index is 13.0. The second-order valence-corrected chi connectivity index (χ2v) is 19.0. The number of Topliss-reactive ketones (excluding diaryl/α,β-unsaturated/α-hetero) is 1. The molecule has 2 aromatic rings. The molecule has 3 nitrogen and oxygen atoms in total. The van der Waals surface area contributed by atoms with Gasteiger partial charge in [-0.1, -0.05) is 45.9 Å². The molecule has 0 heterocycles. The smallest absolute Gasteiger partial charge is 0.195 e. The van der Waals surface area contributed by atoms with Crippen LogP contribution in [-0.4, -0.2) is 42.7 Å². The topological polar surface area (TPSA) is 35.5 Å². The maximum absolute atomic E-state index is 13.0. The molecule has 0 saturated heterocycles. The second kappa shape index (κ2) is 12.4. The van der Waals surface area contributed by atoms with Crippen LogP contribution in [0.4, 0.5) is 0 Å². The molecule has 0 fully saturated rings. The van der Waals surface area contributed by atoms with Crippen LogP contribution in [0, 0.1) is 0 Å². The van der Waals surface area contributed by atoms with Crippen LogP contribution in [0.1, 0.15) is 51.9 Å². The van der Waals surface area contributed by atoms with Gasteiger partial charge in [-0.05, 0) is 81.5 Å². The molecular weight excluding hydrogens is 412 g/mol. The first-order valence-corrected chi connectivity index (χ1v) is 16.2. The number of carbonyl (C=O) groups is 1. The van der Waals surface area contributed by atoms with Crippen molar-refractivity contribution in [1.29, 1.82) is 0 Å². The van der Waals surface area contributed by atoms with Crippen molar-refractivity contribution in [3.8, 4) is 11.5 Å². The summed E-state index contributed by atoms with van der Waals surface area (Å²) >= 11 is 0. The van der Waals surface area contributed by atoms with Crippen LogP contribution in [-0.2, 0) is 4.18 Å². The minimum Gasteiger partial charge on any atom is -0.457 e. The first kappa shape index (κ1) is 28.6. The quantitative estimate of drug-likeness (QED) is 0.313. The molecule has 0 amide bonds. The monoisotopic (exact) mass is 454 g/mol. The summed E-state index contributed by atoms with van der Waals surface area (Å²) in [6.45, 7) is 11.7. The molecular formula is C25H42O3S2. The van der Waals surface area contributed by atoms with Crippen LogP contribution in [0.25, 0.3) is 0 Å². The van der Waals surface area contributed by atoms with Crippen molar-refractivity contribution in [2.45, 2.75) is 47.1 Å². The number of hydrogen-bond donors (Lipinski definition) is 0. The summed E-state index contributed by atoms with van der Waals surface area (Å²) in [6, 6.07) is 16.8. The average molecular weight is 455 g/mol. The van der Waals surface area contributed by atoms with E-state index in [4.69, 9.17) is 8.92 Å². The lowest BCUT2D eigenvalue weighted by molar-refractivity contribution is 0.0641. The summed E-state index contributed by atoms with van der Waals surface area (Å²) in [5, 5.41) is 0. The zero-order valence-corrected chi connectivity index (χ0v) is 22.4. The van der Waals surface area contributed by atoms with Gasteiger partial charge in [0.05, 0.1) is 0 Å². The van der Waals surface area contributed by atoms with E-state index in [9.17, 15) is 4.79 Å². The molecule has 0 N–H and O–H groups in total. The third-order valence-corrected chi connectivity index (χ3v) is 14.9. The standard InChI is InChI=1S/C21H30O3S2.2C2H6/c1-21(2,24-26(6,7)25(3,4)5)20(22)17-13-15-19(16-14-17)23-18-11-9-8-10-12-18;2*1-2/h8-16H,1-7H3;2*1-2H3. The predicted molar refractivity (Wildman–Crippen MR) is 140 cm³/mol. The van der Waals surface area contributed by atoms with Gasteiger partial charge in [-0.2, -0.15) is 9.06 Å². The Morgan fingerprint density at radius 2 is 1.17 bits per heavy atom. The highest BCUT2D eigenvalue weighted by molar-refractivity contribution is 9.05. The fourth-order valence-electron chi connectivity index (χ4n) is 2.29. The second-order valence-electron chi connectivity index (χ2n) is 7.73. The van der Waals surface area contributed by atoms with Gasteiger partial charge in [0, 0.05) is 5.56 Å². The maximum Gasteiger partial charge on any atom is 0.195 e. The highest BCUT2D eigenvalue weighted by atomic mass is 33.2. The molecule has 0 saturated carbocycles. The molecule has 0 aliphatic heterocycles. The van der Waals surface area contributed by atoms with Crippen molar-refractivity contribution in [2.75, 3.05) is 31.3 Å². The van der Waals surface area contributed by atoms with Crippen molar-refractivity contribution >= 4 is 24.2 Å². The lowest BCUT2D eigenvalue weighted by atomic mass is 9.97. The van der Waals surface area contributed by atoms with E-state index in [1.54, 1.807) is 12.1 Å². The summed E-state index contributed by atoms with van der Waals surface area (Å²) in [5.74, 6) is 1.47. The van der Waals surface area contributed by atoms with E-state index >= 15 is 0 Å². The van der Waals surface area contributed by atoms with E-state index in [0.29, 0.717) is 11.3 Å². The summed E-state index contributed by atoms with van der Waals surface area (Å²) in [4.78, 5) is 13.0. The Kier molecular flexibility index (Phi) is 11.8. The van der Waals surface area contributed by atoms with Crippen LogP contribution in [0.3, 0.4) is 0 Å². The Bertz CT molecular complexity index is 746. The van der Waals surface area contributed by atoms with Gasteiger partial charge in [0.2, 0.25) is 0 Å². The average Bonchev–Trinajstić information content (AvgIpc) is 2.70. The van der Waals surface area contributed by atoms with Gasteiger partial charge in [0.1, 0.15) is 17.1 Å². The summed E-state index contributed by atoms with van der Waals surface area (Å²) in [5.41, 5.74) is -0.226. The molecule has 2 rings (SSSR count). The molecule has 172 valence electrons. The van der Waals surface area contributed by atoms with Gasteiger partial charge in [0.25, 0.3) is 0 Å². The predicted octanol–water partition coefficient (Wildman–Crippen LogP) is 8.10. The van der Waals surface area contributed by atoms with E-state index in [0.717, 1.165) is 5.75 Å². The molecule has 2 aromatic carbocycles. The largest absolute Gasteiger partial charge is 0.457 e. The van der Waals surface area contributed by atoms with Crippen molar-refractivity contribution < 1.29 is 13.7 Å². The Hall–Kier alpha value is -1.43. The Balaban J connectivity index is 0.00000198. The molecule has 0 aliphatic carbocycles. The van der Waals surface area contributed by atoms with E-state index in [1.165, 1.54) is 0 Å². The van der Waals surface area contributed by atoms with Crippen molar-refractivity contribution in [1.82, 2.24) is 0 Å². The third-order valence-electron chi connectivity index (χ3n) is 4.26. The third kappa shape index (κ3) is 8.37. The van der Waals surface area contributed by atoms with Crippen LogP contribution in [0.5, 0.6) is 11.5 Å². The fraction of sp³-hybridized carbons (Fsp3) is 0.480. The Morgan fingerprint density at radius 3 is 1.60 bits per heavy atom. The zero-order valence-electron chi connectivity index (χ0n) is 20.7. The number of para-hydroxylation sites is 1. The Morgan fingerprint density at radius 1 is 0.733 bits per heavy atom. The number of ketones is 1. The minimum atomic E-state index is -1.32. The summed E-state index contributed by atoms with van der Waals surface area (Å²) < 4.78 is 12.2. The zero-order chi connectivity index (χ0) is 23.6. The van der Waals surface area contributed by atoms with Gasteiger partial charge in [-0.25, -0.2) is 0 Å². The first-order chi connectivity index (χ1) is 13.9. The van der Waals surface area contributed by atoms with Gasteiger partial charge < -0.3 is 8.92 Å². The van der Waals surface area contributed by atoms with Crippen molar-refractivity contribution in [3.05, 3.63) is 60.2 Å². The number of ether oxygens (including phenoxy) is 1. The van der Waals surface area contributed by atoms with Gasteiger partial charge in [-0.15, -0.1) is 9.34 Å². The highest BCUT2D eigenvalue weighted by Gasteiger charge is 2.37. The first-order valence-electron chi connectivity index (χ1n) is 10.4. The molecule has 0 atom stereocenters. The van der Waals surface area contributed by atoms with E-state index in [-0.39, 0.29) is 5.78 Å². The minimum absolute atomic E-state index is 0.00649. The number of hydrogen-bond acceptors (Lipinski definition) is 3. The van der Waals surface area contributed by atoms with Gasteiger partial charge >= 0.3 is 0 Å². The lowest BCUT2D eigenvalue weighted by Crippen LogP contribution is -2.36. The molecule has 0 radical (unpaired) electrons. The number of rotatable bonds is 7. The van der Waals surface area contributed by atoms with Gasteiger partial charge in [-0.3, -0.25) is 4.79 Å². The van der Waals surface area contributed by atoms with E-state index < -0.39 is 24.0 Å². The van der Waals surface area contributed by atoms with Crippen LogP contribution in [0.2, 0.25) is 0 Å². The van der Waals surface area contributed by atoms with Crippen LogP contribution in [0.15, 0.2) is 54.6 Å². The molecule has 5 heteroatoms. The highest BCUT2D eigenvalue weighted by Crippen LogP contribution is 2.73. The molecule has 0 unspecified atom stereocenters. The van der Waals surface area contributed by atoms with Gasteiger partial charge in [0.15, 0.2) is 5.78 Å². The number of benzene rings is 2. The SMILES string of the molecule is CC.CC.CC(C)(OS(C)(C)S(C)(C)C)C(=O)c1ccc(Oc2ccccc2)cc1. The normalized spacial score (nSPS) is 12.5. The molecule has 0 bridgehead atoms. The van der Waals surface area contributed by atoms with Crippen LogP contribution >= 0.6 is 18.4 Å². The van der Waals surface area contributed by atoms with Crippen LogP contribution < -0.4 is 4.74 Å². The van der Waals surface area contributed by atoms with E-state index in [2.05, 4.69) is 31.3 Å².